The average molecular weight is 319 g/mol. The predicted octanol–water partition coefficient (Wildman–Crippen LogP) is 1.93. The summed E-state index contributed by atoms with van der Waals surface area (Å²) < 4.78 is 1.64. The van der Waals surface area contributed by atoms with Crippen LogP contribution in [0.2, 0.25) is 0 Å². The van der Waals surface area contributed by atoms with Crippen molar-refractivity contribution in [2.24, 2.45) is 7.05 Å². The van der Waals surface area contributed by atoms with E-state index < -0.39 is 0 Å². The Kier molecular flexibility index (Phi) is 5.63. The van der Waals surface area contributed by atoms with Crippen LogP contribution in [0.4, 0.5) is 0 Å². The van der Waals surface area contributed by atoms with Crippen LogP contribution in [-0.4, -0.2) is 44.9 Å². The summed E-state index contributed by atoms with van der Waals surface area (Å²) in [5.41, 5.74) is 2.11. The first-order valence-corrected chi connectivity index (χ1v) is 8.39. The third kappa shape index (κ3) is 3.69. The van der Waals surface area contributed by atoms with E-state index in [1.54, 1.807) is 17.9 Å². The highest BCUT2D eigenvalue weighted by molar-refractivity contribution is 7.99. The molecule has 0 aliphatic rings. The average Bonchev–Trinajstić information content (AvgIpc) is 2.91. The Balaban J connectivity index is 2.24. The number of hydrogen-bond donors (Lipinski definition) is 2. The third-order valence-electron chi connectivity index (χ3n) is 3.52. The predicted molar refractivity (Wildman–Crippen MR) is 90.0 cm³/mol. The molecule has 0 aliphatic carbocycles. The monoisotopic (exact) mass is 319 g/mol. The molecule has 2 unspecified atom stereocenters. The molecule has 2 N–H and O–H groups in total. The van der Waals surface area contributed by atoms with Crippen LogP contribution >= 0.6 is 11.8 Å². The van der Waals surface area contributed by atoms with Gasteiger partial charge in [-0.15, -0.1) is 0 Å². The molecular weight excluding hydrogens is 298 g/mol. The Morgan fingerprint density at radius 1 is 1.41 bits per heavy atom. The van der Waals surface area contributed by atoms with Gasteiger partial charge in [0.05, 0.1) is 12.2 Å². The minimum absolute atomic E-state index is 0.0270. The second kappa shape index (κ2) is 7.47. The molecule has 2 atom stereocenters. The van der Waals surface area contributed by atoms with Gasteiger partial charge in [-0.2, -0.15) is 16.9 Å². The summed E-state index contributed by atoms with van der Waals surface area (Å²) in [6.07, 6.45) is 3.64. The molecule has 0 spiro atoms. The molecule has 22 heavy (non-hydrogen) atoms. The van der Waals surface area contributed by atoms with Crippen molar-refractivity contribution >= 4 is 17.7 Å². The normalized spacial score (nSPS) is 13.6. The van der Waals surface area contributed by atoms with Crippen molar-refractivity contribution in [2.75, 3.05) is 12.9 Å². The smallest absolute Gasteiger partial charge is 0.255 e. The SMILES string of the molecule is CSC(CO)C(C)NC(=O)c1cn(C)nc1-c1ccccc1. The molecule has 0 radical (unpaired) electrons. The van der Waals surface area contributed by atoms with Crippen molar-refractivity contribution in [1.29, 1.82) is 0 Å². The van der Waals surface area contributed by atoms with Crippen LogP contribution in [0.5, 0.6) is 0 Å². The van der Waals surface area contributed by atoms with Crippen molar-refractivity contribution in [3.63, 3.8) is 0 Å². The van der Waals surface area contributed by atoms with Gasteiger partial charge in [-0.1, -0.05) is 30.3 Å². The van der Waals surface area contributed by atoms with E-state index in [4.69, 9.17) is 0 Å². The van der Waals surface area contributed by atoms with E-state index >= 15 is 0 Å². The van der Waals surface area contributed by atoms with Gasteiger partial charge >= 0.3 is 0 Å². The highest BCUT2D eigenvalue weighted by Gasteiger charge is 2.22. The molecule has 2 rings (SSSR count). The van der Waals surface area contributed by atoms with E-state index in [2.05, 4.69) is 10.4 Å². The number of nitrogens with one attached hydrogen (secondary N) is 1. The molecular formula is C16H21N3O2S. The first-order chi connectivity index (χ1) is 10.6. The van der Waals surface area contributed by atoms with Crippen LogP contribution in [0.25, 0.3) is 11.3 Å². The number of rotatable bonds is 6. The summed E-state index contributed by atoms with van der Waals surface area (Å²) >= 11 is 1.54. The number of amides is 1. The van der Waals surface area contributed by atoms with Crippen LogP contribution < -0.4 is 5.32 Å². The molecule has 0 saturated heterocycles. The van der Waals surface area contributed by atoms with E-state index in [0.717, 1.165) is 5.56 Å². The van der Waals surface area contributed by atoms with Crippen LogP contribution in [0.3, 0.4) is 0 Å². The van der Waals surface area contributed by atoms with Crippen LogP contribution in [0.15, 0.2) is 36.5 Å². The van der Waals surface area contributed by atoms with E-state index in [1.807, 2.05) is 43.5 Å². The van der Waals surface area contributed by atoms with Gasteiger partial charge in [-0.25, -0.2) is 0 Å². The standard InChI is InChI=1S/C16H21N3O2S/c1-11(14(10-20)22-3)17-16(21)13-9-19(2)18-15(13)12-7-5-4-6-8-12/h4-9,11,14,20H,10H2,1-3H3,(H,17,21). The van der Waals surface area contributed by atoms with Crippen molar-refractivity contribution in [3.8, 4) is 11.3 Å². The maximum Gasteiger partial charge on any atom is 0.255 e. The van der Waals surface area contributed by atoms with Crippen LogP contribution in [0, 0.1) is 0 Å². The minimum atomic E-state index is -0.174. The van der Waals surface area contributed by atoms with E-state index in [1.165, 1.54) is 11.8 Å². The van der Waals surface area contributed by atoms with Gasteiger partial charge in [0.15, 0.2) is 0 Å². The Hall–Kier alpha value is -1.79. The number of aliphatic hydroxyl groups excluding tert-OH is 1. The lowest BCUT2D eigenvalue weighted by atomic mass is 10.1. The van der Waals surface area contributed by atoms with Crippen LogP contribution in [0.1, 0.15) is 17.3 Å². The van der Waals surface area contributed by atoms with Gasteiger partial charge in [0.25, 0.3) is 5.91 Å². The van der Waals surface area contributed by atoms with Gasteiger partial charge < -0.3 is 10.4 Å². The number of benzene rings is 1. The van der Waals surface area contributed by atoms with E-state index in [9.17, 15) is 9.90 Å². The van der Waals surface area contributed by atoms with Crippen LogP contribution in [-0.2, 0) is 7.05 Å². The fourth-order valence-electron chi connectivity index (χ4n) is 2.28. The molecule has 0 fully saturated rings. The Morgan fingerprint density at radius 2 is 2.09 bits per heavy atom. The molecule has 6 heteroatoms. The lowest BCUT2D eigenvalue weighted by molar-refractivity contribution is 0.0936. The van der Waals surface area contributed by atoms with Gasteiger partial charge in [0, 0.05) is 30.1 Å². The number of thioether (sulfide) groups is 1. The van der Waals surface area contributed by atoms with Gasteiger partial charge in [-0.3, -0.25) is 9.48 Å². The molecule has 0 bridgehead atoms. The first-order valence-electron chi connectivity index (χ1n) is 7.10. The second-order valence-electron chi connectivity index (χ2n) is 5.15. The largest absolute Gasteiger partial charge is 0.395 e. The Labute approximate surface area is 134 Å². The summed E-state index contributed by atoms with van der Waals surface area (Å²) in [6, 6.07) is 9.50. The highest BCUT2D eigenvalue weighted by Crippen LogP contribution is 2.22. The molecule has 118 valence electrons. The van der Waals surface area contributed by atoms with Crippen molar-refractivity contribution in [1.82, 2.24) is 15.1 Å². The summed E-state index contributed by atoms with van der Waals surface area (Å²) in [5, 5.41) is 16.6. The molecule has 1 heterocycles. The molecule has 2 aromatic rings. The van der Waals surface area contributed by atoms with Gasteiger partial charge in [-0.05, 0) is 13.2 Å². The van der Waals surface area contributed by atoms with Crippen molar-refractivity contribution in [3.05, 3.63) is 42.1 Å². The maximum atomic E-state index is 12.5. The number of nitrogens with zero attached hydrogens (tertiary/aromatic N) is 2. The fourth-order valence-corrected chi connectivity index (χ4v) is 2.90. The summed E-state index contributed by atoms with van der Waals surface area (Å²) in [4.78, 5) is 12.5. The topological polar surface area (TPSA) is 67.2 Å². The molecule has 1 aromatic carbocycles. The Morgan fingerprint density at radius 3 is 2.68 bits per heavy atom. The number of hydrogen-bond acceptors (Lipinski definition) is 4. The minimum Gasteiger partial charge on any atom is -0.395 e. The Bertz CT molecular complexity index is 624. The lowest BCUT2D eigenvalue weighted by Crippen LogP contribution is -2.41. The second-order valence-corrected chi connectivity index (χ2v) is 6.23. The summed E-state index contributed by atoms with van der Waals surface area (Å²) in [6.45, 7) is 1.93. The lowest BCUT2D eigenvalue weighted by Gasteiger charge is -2.21. The van der Waals surface area contributed by atoms with Gasteiger partial charge in [0.2, 0.25) is 0 Å². The fraction of sp³-hybridized carbons (Fsp3) is 0.375. The molecule has 1 amide bonds. The first kappa shape index (κ1) is 16.6. The van der Waals surface area contributed by atoms with Gasteiger partial charge in [0.1, 0.15) is 5.69 Å². The number of aromatic nitrogens is 2. The van der Waals surface area contributed by atoms with E-state index in [0.29, 0.717) is 11.3 Å². The molecule has 1 aromatic heterocycles. The molecule has 5 nitrogen and oxygen atoms in total. The quantitative estimate of drug-likeness (QED) is 0.854. The zero-order valence-corrected chi connectivity index (χ0v) is 13.8. The zero-order chi connectivity index (χ0) is 16.1. The van der Waals surface area contributed by atoms with E-state index in [-0.39, 0.29) is 23.8 Å². The summed E-state index contributed by atoms with van der Waals surface area (Å²) in [5.74, 6) is -0.174. The number of carbonyl (C=O) groups excluding carboxylic acids is 1. The summed E-state index contributed by atoms with van der Waals surface area (Å²) in [7, 11) is 1.80. The number of aliphatic hydroxyl groups is 1. The number of carbonyl (C=O) groups is 1. The zero-order valence-electron chi connectivity index (χ0n) is 13.0. The maximum absolute atomic E-state index is 12.5. The highest BCUT2D eigenvalue weighted by atomic mass is 32.2. The molecule has 0 saturated carbocycles. The number of aryl methyl sites for hydroxylation is 1. The molecule has 0 aliphatic heterocycles. The third-order valence-corrected chi connectivity index (χ3v) is 4.68. The van der Waals surface area contributed by atoms with Crippen molar-refractivity contribution < 1.29 is 9.90 Å². The van der Waals surface area contributed by atoms with Crippen molar-refractivity contribution in [2.45, 2.75) is 18.2 Å².